The molecular weight excluding hydrogens is 318 g/mol. The molecule has 1 saturated heterocycles. The second-order valence-corrected chi connectivity index (χ2v) is 6.36. The minimum absolute atomic E-state index is 0. The average Bonchev–Trinajstić information content (AvgIpc) is 2.63. The Kier molecular flexibility index (Phi) is 8.31. The van der Waals surface area contributed by atoms with Gasteiger partial charge >= 0.3 is 0 Å². The highest BCUT2D eigenvalue weighted by atomic mass is 35.5. The lowest BCUT2D eigenvalue weighted by molar-refractivity contribution is 0.0337. The largest absolute Gasteiger partial charge is 0.372 e. The van der Waals surface area contributed by atoms with Gasteiger partial charge in [0.1, 0.15) is 0 Å². The molecule has 2 nitrogen and oxygen atoms in total. The molecule has 1 aliphatic rings. The molecule has 2 aromatic carbocycles. The average molecular weight is 346 g/mol. The third kappa shape index (κ3) is 5.94. The minimum atomic E-state index is 0. The summed E-state index contributed by atoms with van der Waals surface area (Å²) in [5.74, 6) is 0. The first kappa shape index (κ1) is 19.0. The predicted molar refractivity (Wildman–Crippen MR) is 103 cm³/mol. The summed E-state index contributed by atoms with van der Waals surface area (Å²) in [5.41, 5.74) is 2.61. The lowest BCUT2D eigenvalue weighted by Crippen LogP contribution is -2.33. The highest BCUT2D eigenvalue weighted by Crippen LogP contribution is 2.22. The van der Waals surface area contributed by atoms with Gasteiger partial charge in [-0.15, -0.1) is 12.4 Å². The van der Waals surface area contributed by atoms with Crippen LogP contribution >= 0.6 is 12.4 Å². The molecule has 1 atom stereocenters. The van der Waals surface area contributed by atoms with E-state index in [1.54, 1.807) is 0 Å². The van der Waals surface area contributed by atoms with E-state index in [4.69, 9.17) is 4.74 Å². The van der Waals surface area contributed by atoms with Crippen LogP contribution in [-0.2, 0) is 11.2 Å². The van der Waals surface area contributed by atoms with E-state index >= 15 is 0 Å². The fourth-order valence-electron chi connectivity index (χ4n) is 3.28. The van der Waals surface area contributed by atoms with Gasteiger partial charge in [0.25, 0.3) is 0 Å². The van der Waals surface area contributed by atoms with E-state index < -0.39 is 0 Å². The predicted octanol–water partition coefficient (Wildman–Crippen LogP) is 4.89. The Hall–Kier alpha value is -1.35. The summed E-state index contributed by atoms with van der Waals surface area (Å²) in [6.07, 6.45) is 5.14. The standard InChI is InChI=1S/C21H27NO.ClH/c1-4-10-19(11-5-1)18-21(20-12-6-2-7-13-20)23-17-16-22-14-8-3-9-15-22;/h1-2,4-7,10-13,21H,3,8-9,14-18H2;1H. The number of ether oxygens (including phenoxy) is 1. The van der Waals surface area contributed by atoms with Crippen LogP contribution in [0.15, 0.2) is 60.7 Å². The monoisotopic (exact) mass is 345 g/mol. The van der Waals surface area contributed by atoms with Gasteiger partial charge < -0.3 is 9.64 Å². The van der Waals surface area contributed by atoms with Gasteiger partial charge in [0, 0.05) is 13.0 Å². The molecule has 1 unspecified atom stereocenters. The summed E-state index contributed by atoms with van der Waals surface area (Å²) >= 11 is 0. The van der Waals surface area contributed by atoms with Crippen LogP contribution in [0.25, 0.3) is 0 Å². The quantitative estimate of drug-likeness (QED) is 0.708. The number of benzene rings is 2. The zero-order valence-electron chi connectivity index (χ0n) is 14.3. The van der Waals surface area contributed by atoms with Crippen LogP contribution < -0.4 is 0 Å². The number of likely N-dealkylation sites (tertiary alicyclic amines) is 1. The van der Waals surface area contributed by atoms with Crippen molar-refractivity contribution in [1.82, 2.24) is 4.90 Å². The lowest BCUT2D eigenvalue weighted by atomic mass is 10.0. The Labute approximate surface area is 152 Å². The van der Waals surface area contributed by atoms with Gasteiger partial charge in [-0.1, -0.05) is 67.1 Å². The van der Waals surface area contributed by atoms with Crippen molar-refractivity contribution in [3.8, 4) is 0 Å². The van der Waals surface area contributed by atoms with E-state index in [2.05, 4.69) is 65.6 Å². The Morgan fingerprint density at radius 1 is 0.833 bits per heavy atom. The lowest BCUT2D eigenvalue weighted by Gasteiger charge is -2.27. The van der Waals surface area contributed by atoms with Crippen molar-refractivity contribution in [3.05, 3.63) is 71.8 Å². The third-order valence-electron chi connectivity index (χ3n) is 4.61. The van der Waals surface area contributed by atoms with Crippen LogP contribution in [-0.4, -0.2) is 31.1 Å². The molecule has 3 rings (SSSR count). The van der Waals surface area contributed by atoms with Crippen LogP contribution in [0.2, 0.25) is 0 Å². The molecule has 0 aromatic heterocycles. The van der Waals surface area contributed by atoms with Crippen LogP contribution in [0.4, 0.5) is 0 Å². The van der Waals surface area contributed by atoms with E-state index in [1.807, 2.05) is 0 Å². The first-order valence-corrected chi connectivity index (χ1v) is 8.84. The van der Waals surface area contributed by atoms with E-state index in [9.17, 15) is 0 Å². The summed E-state index contributed by atoms with van der Waals surface area (Å²) in [7, 11) is 0. The topological polar surface area (TPSA) is 12.5 Å². The number of hydrogen-bond acceptors (Lipinski definition) is 2. The molecule has 0 N–H and O–H groups in total. The molecule has 0 aliphatic carbocycles. The minimum Gasteiger partial charge on any atom is -0.372 e. The molecule has 0 spiro atoms. The molecule has 24 heavy (non-hydrogen) atoms. The Balaban J connectivity index is 0.00000208. The zero-order valence-corrected chi connectivity index (χ0v) is 15.1. The van der Waals surface area contributed by atoms with Crippen molar-refractivity contribution in [3.63, 3.8) is 0 Å². The summed E-state index contributed by atoms with van der Waals surface area (Å²) < 4.78 is 6.29. The summed E-state index contributed by atoms with van der Waals surface area (Å²) in [4.78, 5) is 2.54. The highest BCUT2D eigenvalue weighted by molar-refractivity contribution is 5.85. The van der Waals surface area contributed by atoms with E-state index in [0.29, 0.717) is 0 Å². The number of rotatable bonds is 7. The van der Waals surface area contributed by atoms with Crippen LogP contribution in [0.5, 0.6) is 0 Å². The molecule has 1 fully saturated rings. The van der Waals surface area contributed by atoms with Crippen molar-refractivity contribution < 1.29 is 4.74 Å². The molecular formula is C21H28ClNO. The molecule has 0 bridgehead atoms. The summed E-state index contributed by atoms with van der Waals surface area (Å²) in [5, 5.41) is 0. The van der Waals surface area contributed by atoms with E-state index in [-0.39, 0.29) is 18.5 Å². The number of piperidine rings is 1. The first-order valence-electron chi connectivity index (χ1n) is 8.84. The van der Waals surface area contributed by atoms with Crippen LogP contribution in [0.1, 0.15) is 36.5 Å². The van der Waals surface area contributed by atoms with Crippen molar-refractivity contribution in [2.75, 3.05) is 26.2 Å². The van der Waals surface area contributed by atoms with Gasteiger partial charge in [-0.05, 0) is 37.1 Å². The maximum absolute atomic E-state index is 6.29. The van der Waals surface area contributed by atoms with Crippen LogP contribution in [0.3, 0.4) is 0 Å². The van der Waals surface area contributed by atoms with E-state index in [1.165, 1.54) is 43.5 Å². The van der Waals surface area contributed by atoms with Crippen molar-refractivity contribution >= 4 is 12.4 Å². The summed E-state index contributed by atoms with van der Waals surface area (Å²) in [6.45, 7) is 4.33. The Morgan fingerprint density at radius 3 is 2.12 bits per heavy atom. The van der Waals surface area contributed by atoms with Gasteiger partial charge in [0.2, 0.25) is 0 Å². The van der Waals surface area contributed by atoms with Crippen molar-refractivity contribution in [2.45, 2.75) is 31.8 Å². The fourth-order valence-corrected chi connectivity index (χ4v) is 3.28. The molecule has 1 heterocycles. The van der Waals surface area contributed by atoms with Crippen LogP contribution in [0, 0.1) is 0 Å². The number of halogens is 1. The molecule has 0 amide bonds. The zero-order chi connectivity index (χ0) is 15.7. The van der Waals surface area contributed by atoms with Crippen molar-refractivity contribution in [1.29, 1.82) is 0 Å². The van der Waals surface area contributed by atoms with Gasteiger partial charge in [-0.25, -0.2) is 0 Å². The molecule has 130 valence electrons. The molecule has 3 heteroatoms. The van der Waals surface area contributed by atoms with Gasteiger partial charge in [0.15, 0.2) is 0 Å². The smallest absolute Gasteiger partial charge is 0.0865 e. The van der Waals surface area contributed by atoms with E-state index in [0.717, 1.165) is 19.6 Å². The van der Waals surface area contributed by atoms with Crippen molar-refractivity contribution in [2.24, 2.45) is 0 Å². The van der Waals surface area contributed by atoms with Gasteiger partial charge in [-0.3, -0.25) is 0 Å². The highest BCUT2D eigenvalue weighted by Gasteiger charge is 2.14. The Morgan fingerprint density at radius 2 is 1.46 bits per heavy atom. The fraction of sp³-hybridized carbons (Fsp3) is 0.429. The maximum Gasteiger partial charge on any atom is 0.0865 e. The molecule has 0 saturated carbocycles. The molecule has 0 radical (unpaired) electrons. The Bertz CT molecular complexity index is 555. The second kappa shape index (κ2) is 10.5. The third-order valence-corrected chi connectivity index (χ3v) is 4.61. The summed E-state index contributed by atoms with van der Waals surface area (Å²) in [6, 6.07) is 21.3. The SMILES string of the molecule is Cl.c1ccc(CC(OCCN2CCCCC2)c2ccccc2)cc1. The first-order chi connectivity index (χ1) is 11.4. The van der Waals surface area contributed by atoms with Gasteiger partial charge in [-0.2, -0.15) is 0 Å². The normalized spacial score (nSPS) is 16.3. The number of hydrogen-bond donors (Lipinski definition) is 0. The number of nitrogens with zero attached hydrogens (tertiary/aromatic N) is 1. The van der Waals surface area contributed by atoms with Gasteiger partial charge in [0.05, 0.1) is 12.7 Å². The maximum atomic E-state index is 6.29. The second-order valence-electron chi connectivity index (χ2n) is 6.36. The molecule has 2 aromatic rings. The molecule has 1 aliphatic heterocycles.